The third-order valence-electron chi connectivity index (χ3n) is 11.0. The van der Waals surface area contributed by atoms with Gasteiger partial charge in [0.1, 0.15) is 22.7 Å². The quantitative estimate of drug-likeness (QED) is 0.190. The average molecular weight is 627 g/mol. The first-order chi connectivity index (χ1) is 24.0. The predicted molar refractivity (Wildman–Crippen MR) is 203 cm³/mol. The first-order valence-electron chi connectivity index (χ1n) is 17.0. The van der Waals surface area contributed by atoms with Gasteiger partial charge in [0, 0.05) is 27.1 Å². The van der Waals surface area contributed by atoms with Crippen LogP contribution in [0.3, 0.4) is 0 Å². The molecule has 1 aromatic heterocycles. The van der Waals surface area contributed by atoms with Crippen molar-refractivity contribution >= 4 is 43.5 Å². The summed E-state index contributed by atoms with van der Waals surface area (Å²) in [4.78, 5) is 0. The van der Waals surface area contributed by atoms with Gasteiger partial charge in [-0.15, -0.1) is 0 Å². The van der Waals surface area contributed by atoms with Gasteiger partial charge in [0.05, 0.1) is 0 Å². The fourth-order valence-corrected chi connectivity index (χ4v) is 8.83. The van der Waals surface area contributed by atoms with Gasteiger partial charge in [0.25, 0.3) is 0 Å². The first-order valence-corrected chi connectivity index (χ1v) is 17.0. The van der Waals surface area contributed by atoms with Gasteiger partial charge in [-0.05, 0) is 109 Å². The van der Waals surface area contributed by atoms with E-state index in [1.54, 1.807) is 0 Å². The molecule has 2 heterocycles. The zero-order valence-corrected chi connectivity index (χ0v) is 27.2. The number of ether oxygens (including phenoxy) is 1. The van der Waals surface area contributed by atoms with Crippen molar-refractivity contribution in [2.75, 3.05) is 0 Å². The summed E-state index contributed by atoms with van der Waals surface area (Å²) in [5.41, 5.74) is 14.3. The zero-order chi connectivity index (χ0) is 32.4. The van der Waals surface area contributed by atoms with Crippen molar-refractivity contribution in [2.24, 2.45) is 0 Å². The molecule has 1 aliphatic carbocycles. The monoisotopic (exact) mass is 626 g/mol. The number of para-hydroxylation sites is 2. The Labute approximate surface area is 283 Å². The van der Waals surface area contributed by atoms with Crippen LogP contribution in [0.1, 0.15) is 25.0 Å². The average Bonchev–Trinajstić information content (AvgIpc) is 3.63. The molecule has 2 nitrogen and oxygen atoms in total. The minimum atomic E-state index is -0.178. The normalized spacial score (nSPS) is 13.8. The summed E-state index contributed by atoms with van der Waals surface area (Å²) in [6.45, 7) is 4.77. The van der Waals surface area contributed by atoms with Crippen molar-refractivity contribution in [3.05, 3.63) is 157 Å². The summed E-state index contributed by atoms with van der Waals surface area (Å²) in [6.07, 6.45) is 0. The van der Waals surface area contributed by atoms with Crippen LogP contribution in [0.5, 0.6) is 11.5 Å². The van der Waals surface area contributed by atoms with Crippen LogP contribution in [-0.4, -0.2) is 0 Å². The molecule has 0 amide bonds. The molecule has 8 aromatic carbocycles. The highest BCUT2D eigenvalue weighted by atomic mass is 16.5. The van der Waals surface area contributed by atoms with Crippen molar-refractivity contribution in [3.63, 3.8) is 0 Å². The minimum Gasteiger partial charge on any atom is -0.456 e. The van der Waals surface area contributed by atoms with E-state index in [9.17, 15) is 0 Å². The van der Waals surface area contributed by atoms with E-state index in [2.05, 4.69) is 147 Å². The summed E-state index contributed by atoms with van der Waals surface area (Å²) in [5, 5.41) is 7.23. The maximum absolute atomic E-state index is 6.43. The first kappa shape index (κ1) is 26.9. The van der Waals surface area contributed by atoms with Crippen molar-refractivity contribution in [2.45, 2.75) is 19.3 Å². The lowest BCUT2D eigenvalue weighted by molar-refractivity contribution is 0.487. The molecule has 0 saturated heterocycles. The largest absolute Gasteiger partial charge is 0.456 e. The van der Waals surface area contributed by atoms with Gasteiger partial charge >= 0.3 is 0 Å². The highest BCUT2D eigenvalue weighted by Gasteiger charge is 2.38. The summed E-state index contributed by atoms with van der Waals surface area (Å²) in [5.74, 6) is 1.83. The fraction of sp³-hybridized carbons (Fsp3) is 0.0638. The van der Waals surface area contributed by atoms with Crippen LogP contribution in [0.25, 0.3) is 88.0 Å². The van der Waals surface area contributed by atoms with E-state index in [4.69, 9.17) is 9.15 Å². The van der Waals surface area contributed by atoms with Gasteiger partial charge in [-0.25, -0.2) is 0 Å². The molecule has 0 unspecified atom stereocenters. The van der Waals surface area contributed by atoms with Crippen molar-refractivity contribution in [1.82, 2.24) is 0 Å². The van der Waals surface area contributed by atoms with Crippen molar-refractivity contribution in [3.8, 4) is 56.0 Å². The van der Waals surface area contributed by atoms with Crippen LogP contribution in [0, 0.1) is 0 Å². The summed E-state index contributed by atoms with van der Waals surface area (Å²) in [6, 6.07) is 52.8. The Bertz CT molecular complexity index is 2880. The van der Waals surface area contributed by atoms with E-state index in [1.165, 1.54) is 71.6 Å². The molecular formula is C47H30O2. The molecular weight excluding hydrogens is 597 g/mol. The van der Waals surface area contributed by atoms with E-state index in [-0.39, 0.29) is 5.41 Å². The Hall–Kier alpha value is -6.12. The number of benzene rings is 8. The van der Waals surface area contributed by atoms with Crippen molar-refractivity contribution in [1.29, 1.82) is 0 Å². The standard InChI is InChI=1S/C47H30O2/c1-47(2)39-15-6-3-12-35(39)45-36(28-20-22-42-38(26-28)32-11-5-8-17-41(32)48-42)24-29-19-18-27(25-37(29)46(45)47)30-21-23-43-44-33(30)13-9-14-34(44)31-10-4-7-16-40(31)49-43/h3-26H,1-2H3. The molecule has 9 aromatic rings. The number of hydrogen-bond acceptors (Lipinski definition) is 2. The van der Waals surface area contributed by atoms with Gasteiger partial charge in [0.15, 0.2) is 0 Å². The SMILES string of the molecule is CC1(C)c2ccccc2-c2c(-c3ccc4oc5ccccc5c4c3)cc3ccc(-c4ccc5c6c(cccc46)-c4ccccc4O5)cc3c21. The maximum Gasteiger partial charge on any atom is 0.135 e. The molecule has 0 atom stereocenters. The minimum absolute atomic E-state index is 0.178. The van der Waals surface area contributed by atoms with Gasteiger partial charge < -0.3 is 9.15 Å². The van der Waals surface area contributed by atoms with Crippen LogP contribution in [0.4, 0.5) is 0 Å². The Kier molecular flexibility index (Phi) is 5.21. The maximum atomic E-state index is 6.43. The number of rotatable bonds is 2. The van der Waals surface area contributed by atoms with Crippen LogP contribution in [0.2, 0.25) is 0 Å². The third-order valence-corrected chi connectivity index (χ3v) is 11.0. The Morgan fingerprint density at radius 1 is 0.449 bits per heavy atom. The number of fused-ring (bicyclic) bond motifs is 10. The molecule has 49 heavy (non-hydrogen) atoms. The smallest absolute Gasteiger partial charge is 0.135 e. The molecule has 2 heteroatoms. The lowest BCUT2D eigenvalue weighted by Gasteiger charge is -2.25. The van der Waals surface area contributed by atoms with E-state index >= 15 is 0 Å². The summed E-state index contributed by atoms with van der Waals surface area (Å²) < 4.78 is 12.6. The molecule has 0 bridgehead atoms. The third kappa shape index (κ3) is 3.61. The van der Waals surface area contributed by atoms with Crippen LogP contribution in [-0.2, 0) is 5.41 Å². The zero-order valence-electron chi connectivity index (χ0n) is 27.2. The molecule has 230 valence electrons. The molecule has 0 N–H and O–H groups in total. The molecule has 0 fully saturated rings. The second-order valence-corrected chi connectivity index (χ2v) is 14.0. The van der Waals surface area contributed by atoms with Gasteiger partial charge in [-0.3, -0.25) is 0 Å². The molecule has 0 radical (unpaired) electrons. The Morgan fingerprint density at radius 2 is 1.16 bits per heavy atom. The van der Waals surface area contributed by atoms with Crippen LogP contribution >= 0.6 is 0 Å². The number of hydrogen-bond donors (Lipinski definition) is 0. The molecule has 1 aliphatic heterocycles. The number of furan rings is 1. The molecule has 2 aliphatic rings. The van der Waals surface area contributed by atoms with Gasteiger partial charge in [0.2, 0.25) is 0 Å². The lowest BCUT2D eigenvalue weighted by atomic mass is 9.78. The molecule has 11 rings (SSSR count). The second kappa shape index (κ2) is 9.49. The topological polar surface area (TPSA) is 22.4 Å². The molecule has 0 saturated carbocycles. The lowest BCUT2D eigenvalue weighted by Crippen LogP contribution is -2.15. The second-order valence-electron chi connectivity index (χ2n) is 14.0. The van der Waals surface area contributed by atoms with Crippen molar-refractivity contribution < 1.29 is 9.15 Å². The molecule has 0 spiro atoms. The summed E-state index contributed by atoms with van der Waals surface area (Å²) in [7, 11) is 0. The van der Waals surface area contributed by atoms with E-state index in [0.717, 1.165) is 39.0 Å². The van der Waals surface area contributed by atoms with E-state index in [1.807, 2.05) is 12.1 Å². The highest BCUT2D eigenvalue weighted by Crippen LogP contribution is 2.56. The Balaban J connectivity index is 1.17. The van der Waals surface area contributed by atoms with Crippen LogP contribution in [0.15, 0.2) is 150 Å². The van der Waals surface area contributed by atoms with Crippen LogP contribution < -0.4 is 4.74 Å². The highest BCUT2D eigenvalue weighted by molar-refractivity contribution is 6.12. The van der Waals surface area contributed by atoms with E-state index < -0.39 is 0 Å². The Morgan fingerprint density at radius 3 is 2.10 bits per heavy atom. The summed E-state index contributed by atoms with van der Waals surface area (Å²) >= 11 is 0. The van der Waals surface area contributed by atoms with Gasteiger partial charge in [-0.2, -0.15) is 0 Å². The van der Waals surface area contributed by atoms with E-state index in [0.29, 0.717) is 0 Å². The fourth-order valence-electron chi connectivity index (χ4n) is 8.83. The predicted octanol–water partition coefficient (Wildman–Crippen LogP) is 13.3. The van der Waals surface area contributed by atoms with Gasteiger partial charge in [-0.1, -0.05) is 117 Å².